The molecule has 1 aliphatic rings. The molecule has 1 aromatic heterocycles. The second-order valence-electron chi connectivity index (χ2n) is 5.52. The van der Waals surface area contributed by atoms with Gasteiger partial charge in [-0.1, -0.05) is 12.1 Å². The van der Waals surface area contributed by atoms with E-state index in [-0.39, 0.29) is 11.7 Å². The molecule has 5 nitrogen and oxygen atoms in total. The molecule has 1 unspecified atom stereocenters. The van der Waals surface area contributed by atoms with Gasteiger partial charge < -0.3 is 14.6 Å². The van der Waals surface area contributed by atoms with Gasteiger partial charge in [-0.25, -0.2) is 9.37 Å². The summed E-state index contributed by atoms with van der Waals surface area (Å²) >= 11 is 0. The number of para-hydroxylation sites is 1. The van der Waals surface area contributed by atoms with Crippen LogP contribution in [0, 0.1) is 18.7 Å². The summed E-state index contributed by atoms with van der Waals surface area (Å²) in [4.78, 5) is 17.9. The minimum atomic E-state index is -0.226. The van der Waals surface area contributed by atoms with E-state index in [0.717, 1.165) is 19.5 Å². The predicted molar refractivity (Wildman–Crippen MR) is 80.3 cm³/mol. The number of carbonyl (C=O) groups is 1. The summed E-state index contributed by atoms with van der Waals surface area (Å²) < 4.78 is 18.8. The van der Waals surface area contributed by atoms with E-state index in [2.05, 4.69) is 10.3 Å². The molecule has 1 aromatic carbocycles. The number of halogens is 1. The van der Waals surface area contributed by atoms with Gasteiger partial charge in [-0.2, -0.15) is 0 Å². The van der Waals surface area contributed by atoms with Gasteiger partial charge in [-0.15, -0.1) is 0 Å². The van der Waals surface area contributed by atoms with E-state index < -0.39 is 0 Å². The number of nitrogens with zero attached hydrogens (tertiary/aromatic N) is 2. The Balaban J connectivity index is 1.55. The number of aryl methyl sites for hydroxylation is 1. The molecule has 1 fully saturated rings. The highest BCUT2D eigenvalue weighted by Gasteiger charge is 2.25. The van der Waals surface area contributed by atoms with Crippen LogP contribution in [0.4, 0.5) is 10.1 Å². The maximum absolute atomic E-state index is 13.8. The second kappa shape index (κ2) is 6.17. The highest BCUT2D eigenvalue weighted by molar-refractivity contribution is 5.93. The molecule has 22 heavy (non-hydrogen) atoms. The number of carbonyl (C=O) groups excluding carboxylic acids is 1. The molecule has 6 heteroatoms. The van der Waals surface area contributed by atoms with Crippen LogP contribution in [-0.2, 0) is 0 Å². The Kier molecular flexibility index (Phi) is 4.09. The van der Waals surface area contributed by atoms with Crippen LogP contribution < -0.4 is 10.2 Å². The number of rotatable bonds is 4. The number of hydrogen-bond donors (Lipinski definition) is 1. The number of aromatic nitrogens is 1. The van der Waals surface area contributed by atoms with Gasteiger partial charge in [-0.3, -0.25) is 4.79 Å². The molecule has 1 saturated heterocycles. The third kappa shape index (κ3) is 2.95. The molecule has 0 bridgehead atoms. The molecule has 3 rings (SSSR count). The first-order valence-electron chi connectivity index (χ1n) is 7.33. The molecule has 2 heterocycles. The lowest BCUT2D eigenvalue weighted by Crippen LogP contribution is -2.31. The van der Waals surface area contributed by atoms with Crippen LogP contribution in [0.1, 0.15) is 22.7 Å². The summed E-state index contributed by atoms with van der Waals surface area (Å²) in [5.74, 6) is 0.383. The first kappa shape index (κ1) is 14.6. The lowest BCUT2D eigenvalue weighted by molar-refractivity contribution is 0.0942. The number of hydrogen-bond acceptors (Lipinski definition) is 4. The van der Waals surface area contributed by atoms with E-state index in [1.54, 1.807) is 19.1 Å². The second-order valence-corrected chi connectivity index (χ2v) is 5.52. The molecule has 2 aromatic rings. The third-order valence-corrected chi connectivity index (χ3v) is 3.99. The van der Waals surface area contributed by atoms with Crippen LogP contribution >= 0.6 is 0 Å². The lowest BCUT2D eigenvalue weighted by Gasteiger charge is -2.19. The Labute approximate surface area is 128 Å². The largest absolute Gasteiger partial charge is 0.448 e. The summed E-state index contributed by atoms with van der Waals surface area (Å²) in [5, 5.41) is 2.87. The summed E-state index contributed by atoms with van der Waals surface area (Å²) in [7, 11) is 0. The van der Waals surface area contributed by atoms with Crippen molar-refractivity contribution in [3.05, 3.63) is 47.9 Å². The van der Waals surface area contributed by atoms with Crippen molar-refractivity contribution in [2.75, 3.05) is 24.5 Å². The van der Waals surface area contributed by atoms with Gasteiger partial charge in [-0.05, 0) is 31.4 Å². The van der Waals surface area contributed by atoms with Crippen LogP contribution in [0.2, 0.25) is 0 Å². The molecule has 0 spiro atoms. The summed E-state index contributed by atoms with van der Waals surface area (Å²) in [5.41, 5.74) is 0.952. The number of amides is 1. The number of anilines is 1. The van der Waals surface area contributed by atoms with Crippen LogP contribution in [0.25, 0.3) is 0 Å². The van der Waals surface area contributed by atoms with E-state index in [1.807, 2.05) is 11.0 Å². The van der Waals surface area contributed by atoms with Crippen molar-refractivity contribution >= 4 is 11.6 Å². The standard InChI is InChI=1S/C16H18FN3O2/c1-11-15(19-10-22-11)16(21)18-8-12-6-7-20(9-12)14-5-3-2-4-13(14)17/h2-5,10,12H,6-9H2,1H3,(H,18,21). The molecule has 116 valence electrons. The molecule has 0 radical (unpaired) electrons. The first-order chi connectivity index (χ1) is 10.6. The average molecular weight is 303 g/mol. The van der Waals surface area contributed by atoms with Crippen molar-refractivity contribution in [1.29, 1.82) is 0 Å². The highest BCUT2D eigenvalue weighted by atomic mass is 19.1. The quantitative estimate of drug-likeness (QED) is 0.942. The Morgan fingerprint density at radius 3 is 3.05 bits per heavy atom. The van der Waals surface area contributed by atoms with E-state index in [0.29, 0.717) is 29.6 Å². The molecule has 1 N–H and O–H groups in total. The zero-order valence-electron chi connectivity index (χ0n) is 12.4. The average Bonchev–Trinajstić information content (AvgIpc) is 3.14. The number of oxazole rings is 1. The Morgan fingerprint density at radius 1 is 1.50 bits per heavy atom. The zero-order chi connectivity index (χ0) is 15.5. The van der Waals surface area contributed by atoms with Crippen molar-refractivity contribution in [2.24, 2.45) is 5.92 Å². The number of benzene rings is 1. The van der Waals surface area contributed by atoms with Gasteiger partial charge in [0.15, 0.2) is 12.1 Å². The van der Waals surface area contributed by atoms with Crippen LogP contribution in [-0.4, -0.2) is 30.5 Å². The van der Waals surface area contributed by atoms with Crippen LogP contribution in [0.3, 0.4) is 0 Å². The highest BCUT2D eigenvalue weighted by Crippen LogP contribution is 2.25. The fraction of sp³-hybridized carbons (Fsp3) is 0.375. The van der Waals surface area contributed by atoms with Crippen LogP contribution in [0.5, 0.6) is 0 Å². The molecule has 1 atom stereocenters. The molecule has 1 aliphatic heterocycles. The summed E-state index contributed by atoms with van der Waals surface area (Å²) in [6.45, 7) is 3.79. The van der Waals surface area contributed by atoms with Crippen molar-refractivity contribution < 1.29 is 13.6 Å². The normalized spacial score (nSPS) is 17.7. The minimum Gasteiger partial charge on any atom is -0.448 e. The van der Waals surface area contributed by atoms with E-state index >= 15 is 0 Å². The topological polar surface area (TPSA) is 58.4 Å². The van der Waals surface area contributed by atoms with Crippen molar-refractivity contribution in [1.82, 2.24) is 10.3 Å². The monoisotopic (exact) mass is 303 g/mol. The summed E-state index contributed by atoms with van der Waals surface area (Å²) in [6.07, 6.45) is 2.19. The molecular weight excluding hydrogens is 285 g/mol. The van der Waals surface area contributed by atoms with Gasteiger partial charge in [0, 0.05) is 19.6 Å². The Hall–Kier alpha value is -2.37. The van der Waals surface area contributed by atoms with Crippen molar-refractivity contribution in [3.8, 4) is 0 Å². The molecule has 0 aliphatic carbocycles. The third-order valence-electron chi connectivity index (χ3n) is 3.99. The van der Waals surface area contributed by atoms with Gasteiger partial charge in [0.2, 0.25) is 0 Å². The van der Waals surface area contributed by atoms with Gasteiger partial charge in [0.05, 0.1) is 5.69 Å². The fourth-order valence-corrected chi connectivity index (χ4v) is 2.77. The predicted octanol–water partition coefficient (Wildman–Crippen LogP) is 2.38. The molecular formula is C16H18FN3O2. The first-order valence-corrected chi connectivity index (χ1v) is 7.33. The van der Waals surface area contributed by atoms with Gasteiger partial charge in [0.1, 0.15) is 11.6 Å². The molecule has 0 saturated carbocycles. The zero-order valence-corrected chi connectivity index (χ0v) is 12.4. The maximum Gasteiger partial charge on any atom is 0.273 e. The minimum absolute atomic E-state index is 0.203. The Bertz CT molecular complexity index is 671. The number of nitrogens with one attached hydrogen (secondary N) is 1. The lowest BCUT2D eigenvalue weighted by atomic mass is 10.1. The van der Waals surface area contributed by atoms with Crippen molar-refractivity contribution in [3.63, 3.8) is 0 Å². The van der Waals surface area contributed by atoms with Crippen molar-refractivity contribution in [2.45, 2.75) is 13.3 Å². The van der Waals surface area contributed by atoms with Gasteiger partial charge in [0.25, 0.3) is 5.91 Å². The fourth-order valence-electron chi connectivity index (χ4n) is 2.77. The van der Waals surface area contributed by atoms with E-state index in [9.17, 15) is 9.18 Å². The van der Waals surface area contributed by atoms with Gasteiger partial charge >= 0.3 is 0 Å². The Morgan fingerprint density at radius 2 is 2.32 bits per heavy atom. The SMILES string of the molecule is Cc1ocnc1C(=O)NCC1CCN(c2ccccc2F)C1. The maximum atomic E-state index is 13.8. The van der Waals surface area contributed by atoms with Crippen LogP contribution in [0.15, 0.2) is 35.1 Å². The van der Waals surface area contributed by atoms with E-state index in [4.69, 9.17) is 4.42 Å². The van der Waals surface area contributed by atoms with E-state index in [1.165, 1.54) is 12.5 Å². The summed E-state index contributed by atoms with van der Waals surface area (Å²) in [6, 6.07) is 6.78. The smallest absolute Gasteiger partial charge is 0.273 e. The molecule has 1 amide bonds.